The Hall–Kier alpha value is -1.41. The van der Waals surface area contributed by atoms with E-state index in [0.717, 1.165) is 11.8 Å². The van der Waals surface area contributed by atoms with Crippen LogP contribution in [0, 0.1) is 5.82 Å². The monoisotopic (exact) mass is 375 g/mol. The number of halogens is 2. The minimum Gasteiger partial charge on any atom is -0.280 e. The number of rotatable bonds is 3. The number of hydrogen-bond acceptors (Lipinski definition) is 3. The second-order valence-corrected chi connectivity index (χ2v) is 8.16. The van der Waals surface area contributed by atoms with Gasteiger partial charge in [-0.15, -0.1) is 0 Å². The maximum absolute atomic E-state index is 13.8. The lowest BCUT2D eigenvalue weighted by Gasteiger charge is -2.14. The van der Waals surface area contributed by atoms with E-state index in [1.54, 1.807) is 6.07 Å². The second-order valence-electron chi connectivity index (χ2n) is 5.60. The number of anilines is 1. The molecule has 2 aromatic rings. The first kappa shape index (κ1) is 16.0. The van der Waals surface area contributed by atoms with Gasteiger partial charge in [0.15, 0.2) is 5.82 Å². The van der Waals surface area contributed by atoms with Crippen molar-refractivity contribution in [3.8, 4) is 0 Å². The number of sulfonamides is 1. The van der Waals surface area contributed by atoms with Crippen molar-refractivity contribution >= 4 is 31.8 Å². The molecular formula is C13H15BrFN3O2S. The van der Waals surface area contributed by atoms with Crippen molar-refractivity contribution in [2.24, 2.45) is 0 Å². The maximum atomic E-state index is 13.8. The number of nitrogens with one attached hydrogen (secondary N) is 2. The van der Waals surface area contributed by atoms with Crippen molar-refractivity contribution < 1.29 is 12.8 Å². The van der Waals surface area contributed by atoms with Crippen LogP contribution in [-0.4, -0.2) is 18.6 Å². The van der Waals surface area contributed by atoms with E-state index in [-0.39, 0.29) is 11.2 Å². The van der Waals surface area contributed by atoms with Crippen molar-refractivity contribution in [2.75, 3.05) is 4.72 Å². The molecular weight excluding hydrogens is 361 g/mol. The quantitative estimate of drug-likeness (QED) is 0.862. The van der Waals surface area contributed by atoms with Gasteiger partial charge >= 0.3 is 0 Å². The molecule has 0 saturated heterocycles. The van der Waals surface area contributed by atoms with Crippen LogP contribution in [0.15, 0.2) is 33.6 Å². The van der Waals surface area contributed by atoms with E-state index in [2.05, 4.69) is 30.8 Å². The summed E-state index contributed by atoms with van der Waals surface area (Å²) in [7, 11) is -4.02. The predicted octanol–water partition coefficient (Wildman–Crippen LogP) is 3.41. The van der Waals surface area contributed by atoms with E-state index < -0.39 is 20.7 Å². The van der Waals surface area contributed by atoms with Crippen molar-refractivity contribution in [1.29, 1.82) is 0 Å². The second kappa shape index (κ2) is 5.42. The van der Waals surface area contributed by atoms with Crippen LogP contribution in [0.2, 0.25) is 0 Å². The van der Waals surface area contributed by atoms with E-state index in [1.165, 1.54) is 12.1 Å². The predicted molar refractivity (Wildman–Crippen MR) is 82.2 cm³/mol. The molecule has 114 valence electrons. The van der Waals surface area contributed by atoms with E-state index in [9.17, 15) is 12.8 Å². The van der Waals surface area contributed by atoms with Gasteiger partial charge in [0.05, 0.1) is 0 Å². The van der Waals surface area contributed by atoms with Gasteiger partial charge in [0.2, 0.25) is 0 Å². The standard InChI is InChI=1S/C13H15BrFN3O2S/c1-13(2,3)11-7-12(17-16-11)18-21(19,20)10-5-4-8(14)6-9(10)15/h4-7H,1-3H3,(H2,16,17,18). The summed E-state index contributed by atoms with van der Waals surface area (Å²) in [6, 6.07) is 5.34. The topological polar surface area (TPSA) is 74.8 Å². The molecule has 0 unspecified atom stereocenters. The van der Waals surface area contributed by atoms with Crippen LogP contribution in [0.1, 0.15) is 26.5 Å². The minimum atomic E-state index is -4.02. The summed E-state index contributed by atoms with van der Waals surface area (Å²) in [5, 5.41) is 6.66. The fraction of sp³-hybridized carbons (Fsp3) is 0.308. The molecule has 21 heavy (non-hydrogen) atoms. The fourth-order valence-corrected chi connectivity index (χ4v) is 3.03. The SMILES string of the molecule is CC(C)(C)c1cc(NS(=O)(=O)c2ccc(Br)cc2F)n[nH]1. The van der Waals surface area contributed by atoms with Gasteiger partial charge in [-0.25, -0.2) is 12.8 Å². The summed E-state index contributed by atoms with van der Waals surface area (Å²) in [4.78, 5) is -0.425. The Kier molecular flexibility index (Phi) is 4.12. The van der Waals surface area contributed by atoms with E-state index >= 15 is 0 Å². The van der Waals surface area contributed by atoms with E-state index in [4.69, 9.17) is 0 Å². The van der Waals surface area contributed by atoms with Gasteiger partial charge in [-0.2, -0.15) is 5.10 Å². The molecule has 0 aliphatic heterocycles. The molecule has 0 aliphatic carbocycles. The summed E-state index contributed by atoms with van der Waals surface area (Å²) in [5.41, 5.74) is 0.580. The van der Waals surface area contributed by atoms with E-state index in [1.807, 2.05) is 20.8 Å². The Morgan fingerprint density at radius 3 is 2.48 bits per heavy atom. The Morgan fingerprint density at radius 2 is 1.95 bits per heavy atom. The lowest BCUT2D eigenvalue weighted by atomic mass is 9.92. The summed E-state index contributed by atoms with van der Waals surface area (Å²) in [6.45, 7) is 5.90. The Bertz CT molecular complexity index is 766. The molecule has 1 heterocycles. The summed E-state index contributed by atoms with van der Waals surface area (Å²) < 4.78 is 40.8. The zero-order chi connectivity index (χ0) is 15.8. The molecule has 5 nitrogen and oxygen atoms in total. The van der Waals surface area contributed by atoms with Gasteiger partial charge in [-0.05, 0) is 18.2 Å². The number of aromatic amines is 1. The normalized spacial score (nSPS) is 12.4. The molecule has 0 spiro atoms. The molecule has 8 heteroatoms. The van der Waals surface area contributed by atoms with Gasteiger partial charge < -0.3 is 0 Å². The Morgan fingerprint density at radius 1 is 1.29 bits per heavy atom. The number of hydrogen-bond donors (Lipinski definition) is 2. The first-order valence-corrected chi connectivity index (χ1v) is 8.41. The van der Waals surface area contributed by atoms with Gasteiger partial charge in [0.25, 0.3) is 10.0 Å². The Labute approximate surface area is 131 Å². The molecule has 0 amide bonds. The Balaban J connectivity index is 2.31. The highest BCUT2D eigenvalue weighted by atomic mass is 79.9. The molecule has 0 radical (unpaired) electrons. The largest absolute Gasteiger partial charge is 0.280 e. The molecule has 0 aliphatic rings. The van der Waals surface area contributed by atoms with Crippen molar-refractivity contribution in [2.45, 2.75) is 31.1 Å². The molecule has 0 fully saturated rings. The minimum absolute atomic E-state index is 0.127. The van der Waals surface area contributed by atoms with Crippen molar-refractivity contribution in [3.05, 3.63) is 40.2 Å². The summed E-state index contributed by atoms with van der Waals surface area (Å²) in [5.74, 6) is -0.703. The highest BCUT2D eigenvalue weighted by molar-refractivity contribution is 9.10. The van der Waals surface area contributed by atoms with E-state index in [0.29, 0.717) is 4.47 Å². The molecule has 2 rings (SSSR count). The van der Waals surface area contributed by atoms with Crippen molar-refractivity contribution in [1.82, 2.24) is 10.2 Å². The average Bonchev–Trinajstić information content (AvgIpc) is 2.75. The van der Waals surface area contributed by atoms with Crippen LogP contribution in [0.25, 0.3) is 0 Å². The summed E-state index contributed by atoms with van der Waals surface area (Å²) >= 11 is 3.08. The fourth-order valence-electron chi connectivity index (χ4n) is 1.64. The zero-order valence-corrected chi connectivity index (χ0v) is 14.1. The third-order valence-corrected chi connectivity index (χ3v) is 4.69. The highest BCUT2D eigenvalue weighted by Gasteiger charge is 2.22. The van der Waals surface area contributed by atoms with Gasteiger partial charge in [0.1, 0.15) is 10.7 Å². The van der Waals surface area contributed by atoms with Gasteiger partial charge in [0, 0.05) is 21.6 Å². The van der Waals surface area contributed by atoms with Crippen LogP contribution in [0.3, 0.4) is 0 Å². The molecule has 0 saturated carbocycles. The number of H-pyrrole nitrogens is 1. The maximum Gasteiger partial charge on any atom is 0.266 e. The van der Waals surface area contributed by atoms with Crippen molar-refractivity contribution in [3.63, 3.8) is 0 Å². The molecule has 0 atom stereocenters. The van der Waals surface area contributed by atoms with Crippen LogP contribution in [0.5, 0.6) is 0 Å². The third kappa shape index (κ3) is 3.62. The zero-order valence-electron chi connectivity index (χ0n) is 11.7. The molecule has 1 aromatic carbocycles. The highest BCUT2D eigenvalue weighted by Crippen LogP contribution is 2.25. The first-order valence-electron chi connectivity index (χ1n) is 6.13. The average molecular weight is 376 g/mol. The molecule has 1 aromatic heterocycles. The number of benzene rings is 1. The third-order valence-electron chi connectivity index (χ3n) is 2.81. The molecule has 2 N–H and O–H groups in total. The van der Waals surface area contributed by atoms with Crippen LogP contribution < -0.4 is 4.72 Å². The van der Waals surface area contributed by atoms with Crippen LogP contribution >= 0.6 is 15.9 Å². The lowest BCUT2D eigenvalue weighted by Crippen LogP contribution is -2.15. The summed E-state index contributed by atoms with van der Waals surface area (Å²) in [6.07, 6.45) is 0. The van der Waals surface area contributed by atoms with Crippen LogP contribution in [-0.2, 0) is 15.4 Å². The van der Waals surface area contributed by atoms with Crippen LogP contribution in [0.4, 0.5) is 10.2 Å². The van der Waals surface area contributed by atoms with Gasteiger partial charge in [-0.3, -0.25) is 9.82 Å². The smallest absolute Gasteiger partial charge is 0.266 e. The molecule has 0 bridgehead atoms. The first-order chi connectivity index (χ1) is 9.59. The van der Waals surface area contributed by atoms with Gasteiger partial charge in [-0.1, -0.05) is 36.7 Å². The number of aromatic nitrogens is 2. The lowest BCUT2D eigenvalue weighted by molar-refractivity contribution is 0.567. The number of nitrogens with zero attached hydrogens (tertiary/aromatic N) is 1.